The molecule has 0 aliphatic rings. The first-order valence-electron chi connectivity index (χ1n) is 5.27. The Bertz CT molecular complexity index is 677. The highest BCUT2D eigenvalue weighted by Crippen LogP contribution is 2.23. The van der Waals surface area contributed by atoms with Gasteiger partial charge in [0.25, 0.3) is 0 Å². The Morgan fingerprint density at radius 3 is 2.58 bits per heavy atom. The first-order chi connectivity index (χ1) is 9.10. The van der Waals surface area contributed by atoms with Gasteiger partial charge in [-0.3, -0.25) is 0 Å². The fourth-order valence-electron chi connectivity index (χ4n) is 1.42. The summed E-state index contributed by atoms with van der Waals surface area (Å²) in [5, 5.41) is 9.40. The van der Waals surface area contributed by atoms with Crippen LogP contribution in [0.4, 0.5) is 0 Å². The van der Waals surface area contributed by atoms with Gasteiger partial charge >= 0.3 is 5.97 Å². The van der Waals surface area contributed by atoms with Crippen molar-refractivity contribution in [2.24, 2.45) is 0 Å². The highest BCUT2D eigenvalue weighted by atomic mass is 35.5. The number of benzene rings is 2. The molecule has 0 aromatic heterocycles. The van der Waals surface area contributed by atoms with Crippen molar-refractivity contribution in [3.63, 3.8) is 0 Å². The van der Waals surface area contributed by atoms with Crippen LogP contribution >= 0.6 is 23.2 Å². The molecule has 0 fully saturated rings. The lowest BCUT2D eigenvalue weighted by atomic mass is 10.2. The molecule has 5 heteroatoms. The molecule has 0 radical (unpaired) electrons. The van der Waals surface area contributed by atoms with E-state index in [2.05, 4.69) is 0 Å². The van der Waals surface area contributed by atoms with Gasteiger partial charge in [0.15, 0.2) is 0 Å². The average Bonchev–Trinajstić information content (AvgIpc) is 2.42. The van der Waals surface area contributed by atoms with Crippen LogP contribution in [0.3, 0.4) is 0 Å². The summed E-state index contributed by atoms with van der Waals surface area (Å²) in [5.41, 5.74) is 0.705. The molecule has 0 heterocycles. The van der Waals surface area contributed by atoms with Crippen molar-refractivity contribution in [3.8, 4) is 11.8 Å². The zero-order valence-electron chi connectivity index (χ0n) is 9.56. The summed E-state index contributed by atoms with van der Waals surface area (Å²) in [6.07, 6.45) is 0. The third-order valence-electron chi connectivity index (χ3n) is 2.33. The van der Waals surface area contributed by atoms with Crippen molar-refractivity contribution >= 4 is 29.2 Å². The summed E-state index contributed by atoms with van der Waals surface area (Å²) >= 11 is 11.6. The van der Waals surface area contributed by atoms with Crippen LogP contribution in [0.25, 0.3) is 0 Å². The monoisotopic (exact) mass is 291 g/mol. The number of ether oxygens (including phenoxy) is 1. The molecular formula is C14H7Cl2NO2. The van der Waals surface area contributed by atoms with Gasteiger partial charge in [0.1, 0.15) is 5.75 Å². The second-order valence-electron chi connectivity index (χ2n) is 3.66. The van der Waals surface area contributed by atoms with E-state index in [-0.39, 0.29) is 10.6 Å². The summed E-state index contributed by atoms with van der Waals surface area (Å²) in [5.74, 6) is -0.260. The molecule has 94 valence electrons. The van der Waals surface area contributed by atoms with E-state index in [1.807, 2.05) is 6.07 Å². The number of hydrogen-bond donors (Lipinski definition) is 0. The van der Waals surface area contributed by atoms with Crippen LogP contribution in [-0.2, 0) is 0 Å². The first kappa shape index (κ1) is 13.4. The number of carbonyl (C=O) groups is 1. The number of rotatable bonds is 2. The molecule has 0 saturated carbocycles. The molecule has 0 spiro atoms. The molecule has 0 unspecified atom stereocenters. The molecule has 2 aromatic carbocycles. The third-order valence-corrected chi connectivity index (χ3v) is 3.07. The number of carbonyl (C=O) groups excluding carboxylic acids is 1. The van der Waals surface area contributed by atoms with E-state index < -0.39 is 5.97 Å². The molecule has 0 atom stereocenters. The van der Waals surface area contributed by atoms with Crippen LogP contribution in [0.1, 0.15) is 15.9 Å². The molecule has 0 N–H and O–H groups in total. The number of halogens is 2. The van der Waals surface area contributed by atoms with Gasteiger partial charge in [-0.1, -0.05) is 29.3 Å². The molecular weight excluding hydrogens is 285 g/mol. The Morgan fingerprint density at radius 2 is 1.89 bits per heavy atom. The van der Waals surface area contributed by atoms with E-state index in [0.717, 1.165) is 0 Å². The maximum Gasteiger partial charge on any atom is 0.343 e. The maximum absolute atomic E-state index is 11.9. The van der Waals surface area contributed by atoms with E-state index >= 15 is 0 Å². The Kier molecular flexibility index (Phi) is 4.06. The van der Waals surface area contributed by atoms with Crippen LogP contribution in [-0.4, -0.2) is 5.97 Å². The van der Waals surface area contributed by atoms with Crippen molar-refractivity contribution in [2.75, 3.05) is 0 Å². The van der Waals surface area contributed by atoms with E-state index in [4.69, 9.17) is 33.2 Å². The van der Waals surface area contributed by atoms with Gasteiger partial charge in [0.05, 0.1) is 27.2 Å². The summed E-state index contributed by atoms with van der Waals surface area (Å²) in [4.78, 5) is 11.9. The molecule has 19 heavy (non-hydrogen) atoms. The fraction of sp³-hybridized carbons (Fsp3) is 0. The second kappa shape index (κ2) is 5.75. The smallest absolute Gasteiger partial charge is 0.343 e. The van der Waals surface area contributed by atoms with E-state index in [1.165, 1.54) is 24.3 Å². The molecule has 0 aliphatic carbocycles. The van der Waals surface area contributed by atoms with Crippen molar-refractivity contribution < 1.29 is 9.53 Å². The molecule has 2 rings (SSSR count). The van der Waals surface area contributed by atoms with Crippen LogP contribution < -0.4 is 4.74 Å². The molecule has 2 aromatic rings. The molecule has 3 nitrogen and oxygen atoms in total. The van der Waals surface area contributed by atoms with Gasteiger partial charge in [-0.2, -0.15) is 5.26 Å². The lowest BCUT2D eigenvalue weighted by molar-refractivity contribution is 0.0735. The highest BCUT2D eigenvalue weighted by molar-refractivity contribution is 6.42. The molecule has 0 aliphatic heterocycles. The van der Waals surface area contributed by atoms with Gasteiger partial charge in [-0.15, -0.1) is 0 Å². The van der Waals surface area contributed by atoms with Crippen molar-refractivity contribution in [1.29, 1.82) is 5.26 Å². The standard InChI is InChI=1S/C14H7Cl2NO2/c15-12-5-4-10(7-13(12)16)14(18)19-11-3-1-2-9(6-11)8-17/h1-7H. The predicted molar refractivity (Wildman–Crippen MR) is 72.6 cm³/mol. The summed E-state index contributed by atoms with van der Waals surface area (Å²) in [6, 6.07) is 12.8. The Hall–Kier alpha value is -2.02. The van der Waals surface area contributed by atoms with Crippen molar-refractivity contribution in [1.82, 2.24) is 0 Å². The lowest BCUT2D eigenvalue weighted by Gasteiger charge is -2.05. The zero-order valence-corrected chi connectivity index (χ0v) is 11.1. The summed E-state index contributed by atoms with van der Waals surface area (Å²) in [6.45, 7) is 0. The molecule has 0 amide bonds. The Labute approximate surface area is 119 Å². The normalized spacial score (nSPS) is 9.74. The third kappa shape index (κ3) is 3.25. The van der Waals surface area contributed by atoms with E-state index in [0.29, 0.717) is 16.3 Å². The molecule has 0 saturated heterocycles. The summed E-state index contributed by atoms with van der Waals surface area (Å²) < 4.78 is 5.15. The summed E-state index contributed by atoms with van der Waals surface area (Å²) in [7, 11) is 0. The minimum Gasteiger partial charge on any atom is -0.423 e. The lowest BCUT2D eigenvalue weighted by Crippen LogP contribution is -2.08. The second-order valence-corrected chi connectivity index (χ2v) is 4.47. The van der Waals surface area contributed by atoms with Crippen molar-refractivity contribution in [2.45, 2.75) is 0 Å². The van der Waals surface area contributed by atoms with E-state index in [1.54, 1.807) is 18.2 Å². The van der Waals surface area contributed by atoms with Gasteiger partial charge in [-0.25, -0.2) is 4.79 Å². The number of nitrogens with zero attached hydrogens (tertiary/aromatic N) is 1. The van der Waals surface area contributed by atoms with Crippen molar-refractivity contribution in [3.05, 3.63) is 63.6 Å². The Balaban J connectivity index is 2.21. The van der Waals surface area contributed by atoms with Crippen LogP contribution in [0.15, 0.2) is 42.5 Å². The van der Waals surface area contributed by atoms with Gasteiger partial charge in [-0.05, 0) is 36.4 Å². The van der Waals surface area contributed by atoms with Crippen LogP contribution in [0.2, 0.25) is 10.0 Å². The topological polar surface area (TPSA) is 50.1 Å². The number of esters is 1. The van der Waals surface area contributed by atoms with Gasteiger partial charge < -0.3 is 4.74 Å². The van der Waals surface area contributed by atoms with E-state index in [9.17, 15) is 4.79 Å². The largest absolute Gasteiger partial charge is 0.423 e. The average molecular weight is 292 g/mol. The predicted octanol–water partition coefficient (Wildman–Crippen LogP) is 4.08. The van der Waals surface area contributed by atoms with Crippen LogP contribution in [0, 0.1) is 11.3 Å². The fourth-order valence-corrected chi connectivity index (χ4v) is 1.72. The Morgan fingerprint density at radius 1 is 1.11 bits per heavy atom. The quantitative estimate of drug-likeness (QED) is 0.619. The minimum atomic E-state index is -0.561. The highest BCUT2D eigenvalue weighted by Gasteiger charge is 2.10. The molecule has 0 bridgehead atoms. The van der Waals surface area contributed by atoms with Gasteiger partial charge in [0.2, 0.25) is 0 Å². The van der Waals surface area contributed by atoms with Gasteiger partial charge in [0, 0.05) is 0 Å². The van der Waals surface area contributed by atoms with Crippen LogP contribution in [0.5, 0.6) is 5.75 Å². The zero-order chi connectivity index (χ0) is 13.8. The maximum atomic E-state index is 11.9. The number of hydrogen-bond acceptors (Lipinski definition) is 3. The SMILES string of the molecule is N#Cc1cccc(OC(=O)c2ccc(Cl)c(Cl)c2)c1. The minimum absolute atomic E-state index is 0.280. The first-order valence-corrected chi connectivity index (χ1v) is 6.03. The number of nitriles is 1.